The van der Waals surface area contributed by atoms with Crippen molar-refractivity contribution in [3.63, 3.8) is 0 Å². The number of urea groups is 1. The van der Waals surface area contributed by atoms with Gasteiger partial charge < -0.3 is 10.6 Å². The molecule has 1 aliphatic rings. The van der Waals surface area contributed by atoms with Gasteiger partial charge in [-0.25, -0.2) is 4.79 Å². The molecule has 25 heavy (non-hydrogen) atoms. The van der Waals surface area contributed by atoms with E-state index in [1.807, 2.05) is 20.8 Å². The van der Waals surface area contributed by atoms with Crippen LogP contribution in [0.3, 0.4) is 0 Å². The van der Waals surface area contributed by atoms with Crippen LogP contribution in [-0.4, -0.2) is 35.3 Å². The number of halogens is 2. The fraction of sp³-hybridized carbons (Fsp3) is 0.471. The number of nitrogens with zero attached hydrogens (tertiary/aromatic N) is 1. The molecule has 8 heteroatoms. The minimum atomic E-state index is -1.30. The summed E-state index contributed by atoms with van der Waals surface area (Å²) in [5, 5.41) is 6.04. The molecule has 4 amide bonds. The number of carbonyl (C=O) groups excluding carboxylic acids is 3. The van der Waals surface area contributed by atoms with E-state index < -0.39 is 17.5 Å². The fourth-order valence-corrected chi connectivity index (χ4v) is 2.75. The number of hydrogen-bond donors (Lipinski definition) is 2. The van der Waals surface area contributed by atoms with Crippen molar-refractivity contribution in [3.05, 3.63) is 33.8 Å². The zero-order valence-electron chi connectivity index (χ0n) is 14.5. The van der Waals surface area contributed by atoms with Gasteiger partial charge in [0.05, 0.1) is 10.0 Å². The van der Waals surface area contributed by atoms with E-state index in [1.54, 1.807) is 19.1 Å². The quantitative estimate of drug-likeness (QED) is 0.764. The average molecular weight is 386 g/mol. The monoisotopic (exact) mass is 385 g/mol. The second kappa shape index (κ2) is 7.22. The number of carbonyl (C=O) groups is 3. The Morgan fingerprint density at radius 1 is 1.24 bits per heavy atom. The number of amides is 4. The van der Waals surface area contributed by atoms with Gasteiger partial charge in [0.2, 0.25) is 5.91 Å². The summed E-state index contributed by atoms with van der Waals surface area (Å²) in [4.78, 5) is 38.0. The van der Waals surface area contributed by atoms with Crippen molar-refractivity contribution in [2.45, 2.75) is 39.3 Å². The number of nitrogens with one attached hydrogen (secondary N) is 2. The highest BCUT2D eigenvalue weighted by molar-refractivity contribution is 6.42. The summed E-state index contributed by atoms with van der Waals surface area (Å²) in [5.74, 6) is -0.653. The van der Waals surface area contributed by atoms with E-state index in [9.17, 15) is 14.4 Å². The molecule has 2 rings (SSSR count). The Morgan fingerprint density at radius 3 is 2.44 bits per heavy atom. The SMILES string of the molecule is CC(C)C(C)NC(=O)CN1C(=O)NC(C)(c2ccc(Cl)c(Cl)c2)C1=O. The summed E-state index contributed by atoms with van der Waals surface area (Å²) in [7, 11) is 0. The Labute approximate surface area is 156 Å². The average Bonchev–Trinajstić information content (AvgIpc) is 2.74. The number of imide groups is 1. The van der Waals surface area contributed by atoms with Crippen LogP contribution in [0.4, 0.5) is 4.79 Å². The van der Waals surface area contributed by atoms with Crippen molar-refractivity contribution in [3.8, 4) is 0 Å². The number of hydrogen-bond acceptors (Lipinski definition) is 3. The van der Waals surface area contributed by atoms with Crippen LogP contribution in [0.1, 0.15) is 33.3 Å². The van der Waals surface area contributed by atoms with Gasteiger partial charge in [0.25, 0.3) is 5.91 Å². The normalized spacial score (nSPS) is 21.5. The molecule has 1 fully saturated rings. The van der Waals surface area contributed by atoms with Crippen LogP contribution in [0.5, 0.6) is 0 Å². The summed E-state index contributed by atoms with van der Waals surface area (Å²) >= 11 is 11.9. The highest BCUT2D eigenvalue weighted by Crippen LogP contribution is 2.32. The van der Waals surface area contributed by atoms with E-state index in [2.05, 4.69) is 10.6 Å². The maximum absolute atomic E-state index is 12.8. The van der Waals surface area contributed by atoms with Gasteiger partial charge in [0.15, 0.2) is 0 Å². The Kier molecular flexibility index (Phi) is 5.64. The lowest BCUT2D eigenvalue weighted by atomic mass is 9.92. The zero-order valence-corrected chi connectivity index (χ0v) is 16.0. The molecule has 0 spiro atoms. The predicted octanol–water partition coefficient (Wildman–Crippen LogP) is 2.92. The lowest BCUT2D eigenvalue weighted by Crippen LogP contribution is -2.46. The van der Waals surface area contributed by atoms with Crippen molar-refractivity contribution >= 4 is 41.0 Å². The van der Waals surface area contributed by atoms with Gasteiger partial charge in [-0.15, -0.1) is 0 Å². The topological polar surface area (TPSA) is 78.5 Å². The van der Waals surface area contributed by atoms with E-state index in [-0.39, 0.29) is 29.4 Å². The van der Waals surface area contributed by atoms with E-state index >= 15 is 0 Å². The van der Waals surface area contributed by atoms with Gasteiger partial charge in [-0.1, -0.05) is 43.1 Å². The Hall–Kier alpha value is -1.79. The molecular formula is C17H21Cl2N3O3. The highest BCUT2D eigenvalue weighted by atomic mass is 35.5. The Bertz CT molecular complexity index is 723. The number of rotatable bonds is 5. The van der Waals surface area contributed by atoms with E-state index in [0.29, 0.717) is 10.6 Å². The Balaban J connectivity index is 2.18. The first-order chi connectivity index (χ1) is 11.6. The van der Waals surface area contributed by atoms with E-state index in [0.717, 1.165) is 4.90 Å². The minimum absolute atomic E-state index is 0.0604. The summed E-state index contributed by atoms with van der Waals surface area (Å²) in [6.07, 6.45) is 0. The van der Waals surface area contributed by atoms with Crippen LogP contribution < -0.4 is 10.6 Å². The molecule has 0 radical (unpaired) electrons. The molecule has 1 aliphatic heterocycles. The first-order valence-corrected chi connectivity index (χ1v) is 8.71. The molecule has 1 aromatic rings. The zero-order chi connectivity index (χ0) is 18.9. The van der Waals surface area contributed by atoms with Gasteiger partial charge in [-0.2, -0.15) is 0 Å². The molecule has 0 aliphatic carbocycles. The summed E-state index contributed by atoms with van der Waals surface area (Å²) < 4.78 is 0. The van der Waals surface area contributed by atoms with Crippen LogP contribution in [0.15, 0.2) is 18.2 Å². The van der Waals surface area contributed by atoms with Crippen molar-refractivity contribution in [2.24, 2.45) is 5.92 Å². The molecule has 1 heterocycles. The number of benzene rings is 1. The second-order valence-corrected chi connectivity index (χ2v) is 7.49. The Morgan fingerprint density at radius 2 is 1.88 bits per heavy atom. The first kappa shape index (κ1) is 19.5. The largest absolute Gasteiger partial charge is 0.352 e. The lowest BCUT2D eigenvalue weighted by Gasteiger charge is -2.23. The van der Waals surface area contributed by atoms with Crippen molar-refractivity contribution in [2.75, 3.05) is 6.54 Å². The standard InChI is InChI=1S/C17H21Cl2N3O3/c1-9(2)10(3)20-14(23)8-22-15(24)17(4,21-16(22)25)11-5-6-12(18)13(19)7-11/h5-7,9-10H,8H2,1-4H3,(H,20,23)(H,21,25). The third-order valence-electron chi connectivity index (χ3n) is 4.46. The maximum atomic E-state index is 12.8. The van der Waals surface area contributed by atoms with Crippen molar-refractivity contribution in [1.82, 2.24) is 15.5 Å². The third kappa shape index (κ3) is 3.90. The van der Waals surface area contributed by atoms with Crippen LogP contribution in [0, 0.1) is 5.92 Å². The van der Waals surface area contributed by atoms with Gasteiger partial charge >= 0.3 is 6.03 Å². The predicted molar refractivity (Wildman–Crippen MR) is 96.5 cm³/mol. The molecule has 2 N–H and O–H groups in total. The van der Waals surface area contributed by atoms with Crippen molar-refractivity contribution in [1.29, 1.82) is 0 Å². The molecule has 0 bridgehead atoms. The molecule has 136 valence electrons. The molecule has 2 unspecified atom stereocenters. The molecule has 2 atom stereocenters. The van der Waals surface area contributed by atoms with E-state index in [1.165, 1.54) is 6.07 Å². The van der Waals surface area contributed by atoms with Crippen LogP contribution in [0.2, 0.25) is 10.0 Å². The van der Waals surface area contributed by atoms with Crippen molar-refractivity contribution < 1.29 is 14.4 Å². The molecular weight excluding hydrogens is 365 g/mol. The van der Waals surface area contributed by atoms with Gasteiger partial charge in [0.1, 0.15) is 12.1 Å². The smallest absolute Gasteiger partial charge is 0.325 e. The van der Waals surface area contributed by atoms with E-state index in [4.69, 9.17) is 23.2 Å². The maximum Gasteiger partial charge on any atom is 0.325 e. The molecule has 0 aromatic heterocycles. The minimum Gasteiger partial charge on any atom is -0.352 e. The highest BCUT2D eigenvalue weighted by Gasteiger charge is 2.49. The molecule has 6 nitrogen and oxygen atoms in total. The lowest BCUT2D eigenvalue weighted by molar-refractivity contribution is -0.135. The molecule has 1 aromatic carbocycles. The third-order valence-corrected chi connectivity index (χ3v) is 5.20. The second-order valence-electron chi connectivity index (χ2n) is 6.68. The van der Waals surface area contributed by atoms with Gasteiger partial charge in [-0.3, -0.25) is 14.5 Å². The summed E-state index contributed by atoms with van der Waals surface area (Å²) in [6, 6.07) is 4.04. The first-order valence-electron chi connectivity index (χ1n) is 7.95. The van der Waals surface area contributed by atoms with Crippen LogP contribution >= 0.6 is 23.2 Å². The van der Waals surface area contributed by atoms with Crippen LogP contribution in [0.25, 0.3) is 0 Å². The fourth-order valence-electron chi connectivity index (χ4n) is 2.45. The summed E-state index contributed by atoms with van der Waals surface area (Å²) in [5.41, 5.74) is -0.798. The van der Waals surface area contributed by atoms with Gasteiger partial charge in [-0.05, 0) is 37.5 Å². The summed E-state index contributed by atoms with van der Waals surface area (Å²) in [6.45, 7) is 7.05. The van der Waals surface area contributed by atoms with Crippen LogP contribution in [-0.2, 0) is 15.1 Å². The molecule has 1 saturated heterocycles. The van der Waals surface area contributed by atoms with Gasteiger partial charge in [0, 0.05) is 6.04 Å². The molecule has 0 saturated carbocycles.